The molecule has 1 amide bonds. The van der Waals surface area contributed by atoms with Gasteiger partial charge in [0.2, 0.25) is 0 Å². The summed E-state index contributed by atoms with van der Waals surface area (Å²) in [5, 5.41) is 8.59. The fraction of sp³-hybridized carbons (Fsp3) is 0.571. The summed E-state index contributed by atoms with van der Waals surface area (Å²) in [4.78, 5) is 11.8. The van der Waals surface area contributed by atoms with Gasteiger partial charge in [0.25, 0.3) is 0 Å². The highest BCUT2D eigenvalue weighted by molar-refractivity contribution is 5.65. The summed E-state index contributed by atoms with van der Waals surface area (Å²) in [6.45, 7) is 2.00. The highest BCUT2D eigenvalue weighted by Crippen LogP contribution is 1.94. The summed E-state index contributed by atoms with van der Waals surface area (Å²) in [5.74, 6) is 0. The van der Waals surface area contributed by atoms with Crippen molar-refractivity contribution in [3.63, 3.8) is 0 Å². The molecule has 0 aromatic carbocycles. The Labute approximate surface area is 65.1 Å². The van der Waals surface area contributed by atoms with Crippen LogP contribution in [0.1, 0.15) is 0 Å². The molecule has 0 atom stereocenters. The second kappa shape index (κ2) is 3.98. The summed E-state index contributed by atoms with van der Waals surface area (Å²) >= 11 is 0. The van der Waals surface area contributed by atoms with Crippen molar-refractivity contribution < 1.29 is 14.6 Å². The van der Waals surface area contributed by atoms with Crippen LogP contribution in [0.15, 0.2) is 12.2 Å². The third-order valence-corrected chi connectivity index (χ3v) is 1.48. The molecule has 0 saturated heterocycles. The lowest BCUT2D eigenvalue weighted by Crippen LogP contribution is -2.33. The Hall–Kier alpha value is -1.03. The molecule has 0 aromatic heterocycles. The van der Waals surface area contributed by atoms with E-state index in [0.717, 1.165) is 0 Å². The molecule has 0 spiro atoms. The SMILES string of the molecule is O=C(O)N1CC=CCOCC1. The third-order valence-electron chi connectivity index (χ3n) is 1.48. The van der Waals surface area contributed by atoms with Crippen LogP contribution in [0.4, 0.5) is 4.79 Å². The van der Waals surface area contributed by atoms with E-state index in [9.17, 15) is 4.79 Å². The summed E-state index contributed by atoms with van der Waals surface area (Å²) < 4.78 is 5.06. The molecule has 0 fully saturated rings. The normalized spacial score (nSPS) is 19.1. The molecular formula is C7H11NO3. The topological polar surface area (TPSA) is 49.8 Å². The van der Waals surface area contributed by atoms with Crippen LogP contribution >= 0.6 is 0 Å². The van der Waals surface area contributed by atoms with Crippen molar-refractivity contribution in [2.24, 2.45) is 0 Å². The Morgan fingerprint density at radius 2 is 2.36 bits per heavy atom. The minimum atomic E-state index is -0.889. The van der Waals surface area contributed by atoms with Gasteiger partial charge in [-0.1, -0.05) is 12.2 Å². The van der Waals surface area contributed by atoms with Crippen LogP contribution < -0.4 is 0 Å². The van der Waals surface area contributed by atoms with Crippen molar-refractivity contribution in [3.05, 3.63) is 12.2 Å². The molecule has 62 valence electrons. The summed E-state index contributed by atoms with van der Waals surface area (Å²) in [5.41, 5.74) is 0. The average molecular weight is 157 g/mol. The monoisotopic (exact) mass is 157 g/mol. The van der Waals surface area contributed by atoms with E-state index in [0.29, 0.717) is 26.3 Å². The first-order valence-corrected chi connectivity index (χ1v) is 3.51. The first-order chi connectivity index (χ1) is 5.30. The Kier molecular flexibility index (Phi) is 2.92. The zero-order valence-corrected chi connectivity index (χ0v) is 6.19. The van der Waals surface area contributed by atoms with Gasteiger partial charge in [-0.3, -0.25) is 0 Å². The van der Waals surface area contributed by atoms with Crippen LogP contribution in [-0.2, 0) is 4.74 Å². The van der Waals surface area contributed by atoms with Crippen LogP contribution in [0.2, 0.25) is 0 Å². The first-order valence-electron chi connectivity index (χ1n) is 3.51. The van der Waals surface area contributed by atoms with Crippen LogP contribution in [0.25, 0.3) is 0 Å². The molecule has 0 unspecified atom stereocenters. The molecular weight excluding hydrogens is 146 g/mol. The zero-order valence-electron chi connectivity index (χ0n) is 6.19. The van der Waals surface area contributed by atoms with Crippen molar-refractivity contribution in [3.8, 4) is 0 Å². The van der Waals surface area contributed by atoms with Crippen LogP contribution in [0.3, 0.4) is 0 Å². The van der Waals surface area contributed by atoms with Crippen LogP contribution in [0.5, 0.6) is 0 Å². The van der Waals surface area contributed by atoms with Crippen molar-refractivity contribution in [2.75, 3.05) is 26.3 Å². The smallest absolute Gasteiger partial charge is 0.407 e. The molecule has 0 saturated carbocycles. The van der Waals surface area contributed by atoms with E-state index in [4.69, 9.17) is 9.84 Å². The molecule has 4 nitrogen and oxygen atoms in total. The van der Waals surface area contributed by atoms with Gasteiger partial charge in [-0.2, -0.15) is 0 Å². The summed E-state index contributed by atoms with van der Waals surface area (Å²) in [7, 11) is 0. The van der Waals surface area contributed by atoms with E-state index < -0.39 is 6.09 Å². The summed E-state index contributed by atoms with van der Waals surface area (Å²) in [6.07, 6.45) is 2.74. The van der Waals surface area contributed by atoms with E-state index in [1.165, 1.54) is 4.90 Å². The van der Waals surface area contributed by atoms with Gasteiger partial charge >= 0.3 is 6.09 Å². The predicted molar refractivity (Wildman–Crippen MR) is 39.6 cm³/mol. The number of amides is 1. The van der Waals surface area contributed by atoms with Crippen molar-refractivity contribution in [1.82, 2.24) is 4.90 Å². The number of hydrogen-bond acceptors (Lipinski definition) is 2. The molecule has 4 heteroatoms. The molecule has 1 N–H and O–H groups in total. The number of nitrogens with zero attached hydrogens (tertiary/aromatic N) is 1. The predicted octanol–water partition coefficient (Wildman–Crippen LogP) is 0.553. The van der Waals surface area contributed by atoms with Gasteiger partial charge in [-0.05, 0) is 0 Å². The van der Waals surface area contributed by atoms with Gasteiger partial charge in [-0.25, -0.2) is 4.79 Å². The lowest BCUT2D eigenvalue weighted by Gasteiger charge is -2.18. The minimum Gasteiger partial charge on any atom is -0.465 e. The van der Waals surface area contributed by atoms with E-state index in [1.54, 1.807) is 6.08 Å². The molecule has 1 aliphatic rings. The maximum absolute atomic E-state index is 10.5. The van der Waals surface area contributed by atoms with Crippen LogP contribution in [-0.4, -0.2) is 42.4 Å². The van der Waals surface area contributed by atoms with Gasteiger partial charge in [0.15, 0.2) is 0 Å². The lowest BCUT2D eigenvalue weighted by molar-refractivity contribution is 0.107. The van der Waals surface area contributed by atoms with Gasteiger partial charge in [0.05, 0.1) is 13.2 Å². The number of rotatable bonds is 0. The maximum Gasteiger partial charge on any atom is 0.407 e. The first kappa shape index (κ1) is 8.07. The largest absolute Gasteiger partial charge is 0.465 e. The van der Waals surface area contributed by atoms with Crippen LogP contribution in [0, 0.1) is 0 Å². The lowest BCUT2D eigenvalue weighted by atomic mass is 10.4. The minimum absolute atomic E-state index is 0.458. The Morgan fingerprint density at radius 1 is 1.55 bits per heavy atom. The van der Waals surface area contributed by atoms with E-state index in [2.05, 4.69) is 0 Å². The van der Waals surface area contributed by atoms with Crippen molar-refractivity contribution in [1.29, 1.82) is 0 Å². The Balaban J connectivity index is 2.45. The molecule has 0 bridgehead atoms. The van der Waals surface area contributed by atoms with Gasteiger partial charge in [0.1, 0.15) is 0 Å². The molecule has 0 aliphatic carbocycles. The van der Waals surface area contributed by atoms with Gasteiger partial charge < -0.3 is 14.7 Å². The molecule has 11 heavy (non-hydrogen) atoms. The number of carbonyl (C=O) groups is 1. The van der Waals surface area contributed by atoms with Crippen molar-refractivity contribution in [2.45, 2.75) is 0 Å². The molecule has 1 heterocycles. The molecule has 0 radical (unpaired) electrons. The van der Waals surface area contributed by atoms with Gasteiger partial charge in [0, 0.05) is 13.1 Å². The highest BCUT2D eigenvalue weighted by Gasteiger charge is 2.09. The second-order valence-corrected chi connectivity index (χ2v) is 2.27. The fourth-order valence-electron chi connectivity index (χ4n) is 0.861. The van der Waals surface area contributed by atoms with E-state index >= 15 is 0 Å². The Morgan fingerprint density at radius 3 is 3.09 bits per heavy atom. The number of hydrogen-bond donors (Lipinski definition) is 1. The third kappa shape index (κ3) is 2.59. The van der Waals surface area contributed by atoms with Gasteiger partial charge in [-0.15, -0.1) is 0 Å². The standard InChI is InChI=1S/C7H11NO3/c9-7(10)8-3-1-2-5-11-6-4-8/h1-2H,3-6H2,(H,9,10). The quantitative estimate of drug-likeness (QED) is 0.522. The molecule has 0 aromatic rings. The average Bonchev–Trinajstić information content (AvgIpc) is 1.84. The Bertz CT molecular complexity index is 167. The summed E-state index contributed by atoms with van der Waals surface area (Å²) in [6, 6.07) is 0. The second-order valence-electron chi connectivity index (χ2n) is 2.27. The highest BCUT2D eigenvalue weighted by atomic mass is 16.5. The number of ether oxygens (including phenoxy) is 1. The van der Waals surface area contributed by atoms with Crippen molar-refractivity contribution >= 4 is 6.09 Å². The molecule has 1 rings (SSSR count). The maximum atomic E-state index is 10.5. The fourth-order valence-corrected chi connectivity index (χ4v) is 0.861. The van der Waals surface area contributed by atoms with E-state index in [-0.39, 0.29) is 0 Å². The zero-order chi connectivity index (χ0) is 8.10. The van der Waals surface area contributed by atoms with E-state index in [1.807, 2.05) is 6.08 Å². The number of carboxylic acid groups (broad SMARTS) is 1. The molecule has 1 aliphatic heterocycles.